The molecule has 3 unspecified atom stereocenters. The van der Waals surface area contributed by atoms with Crippen LogP contribution in [0.3, 0.4) is 0 Å². The van der Waals surface area contributed by atoms with Gasteiger partial charge in [-0.3, -0.25) is 4.79 Å². The van der Waals surface area contributed by atoms with Crippen LogP contribution >= 0.6 is 0 Å². The monoisotopic (exact) mass is 664 g/mol. The number of aliphatic hydroxyl groups is 3. The fraction of sp³-hybridized carbons (Fsp3) is 0.881. The summed E-state index contributed by atoms with van der Waals surface area (Å²) < 4.78 is 0. The van der Waals surface area contributed by atoms with Gasteiger partial charge in [0.2, 0.25) is 5.91 Å². The first-order valence-corrected chi connectivity index (χ1v) is 20.7. The summed E-state index contributed by atoms with van der Waals surface area (Å²) in [6.07, 6.45) is 44.8. The van der Waals surface area contributed by atoms with E-state index >= 15 is 0 Å². The zero-order valence-corrected chi connectivity index (χ0v) is 31.4. The minimum atomic E-state index is -1.10. The molecule has 5 heteroatoms. The van der Waals surface area contributed by atoms with Crippen LogP contribution in [0, 0.1) is 0 Å². The average Bonchev–Trinajstić information content (AvgIpc) is 3.07. The van der Waals surface area contributed by atoms with Crippen LogP contribution in [-0.4, -0.2) is 46.1 Å². The van der Waals surface area contributed by atoms with Gasteiger partial charge in [0.25, 0.3) is 0 Å². The first-order valence-electron chi connectivity index (χ1n) is 20.7. The Hall–Kier alpha value is -1.17. The standard InChI is InChI=1S/C42H81NO4/c1-3-5-7-9-11-13-15-17-18-19-20-21-22-23-25-27-29-31-33-35-37-41(46)42(47)43-39(38-44)40(45)36-34-32-30-28-26-24-16-14-12-10-8-6-4-2/h21-22,34,36,39-41,44-46H,3-20,23-33,35,37-38H2,1-2H3,(H,43,47)/b22-21-,36-34+. The number of carbonyl (C=O) groups excluding carboxylic acids is 1. The van der Waals surface area contributed by atoms with E-state index < -0.39 is 24.2 Å². The predicted octanol–water partition coefficient (Wildman–Crippen LogP) is 11.4. The fourth-order valence-corrected chi connectivity index (χ4v) is 6.24. The molecule has 0 rings (SSSR count). The molecule has 0 aliphatic rings. The van der Waals surface area contributed by atoms with Crippen molar-refractivity contribution in [2.24, 2.45) is 0 Å². The maximum atomic E-state index is 12.4. The second-order valence-electron chi connectivity index (χ2n) is 14.2. The molecule has 4 N–H and O–H groups in total. The Morgan fingerprint density at radius 2 is 0.851 bits per heavy atom. The molecule has 0 fully saturated rings. The molecule has 0 radical (unpaired) electrons. The highest BCUT2D eigenvalue weighted by Gasteiger charge is 2.22. The Balaban J connectivity index is 3.69. The van der Waals surface area contributed by atoms with E-state index in [-0.39, 0.29) is 6.61 Å². The summed E-state index contributed by atoms with van der Waals surface area (Å²) in [6, 6.07) is -0.797. The maximum Gasteiger partial charge on any atom is 0.249 e. The van der Waals surface area contributed by atoms with Gasteiger partial charge in [0.15, 0.2) is 0 Å². The molecule has 3 atom stereocenters. The molecule has 278 valence electrons. The van der Waals surface area contributed by atoms with Crippen LogP contribution in [-0.2, 0) is 4.79 Å². The van der Waals surface area contributed by atoms with Crippen molar-refractivity contribution in [1.82, 2.24) is 5.32 Å². The molecule has 0 spiro atoms. The number of allylic oxidation sites excluding steroid dienone is 3. The van der Waals surface area contributed by atoms with Crippen molar-refractivity contribution in [2.45, 2.75) is 231 Å². The van der Waals surface area contributed by atoms with Gasteiger partial charge in [0.05, 0.1) is 18.8 Å². The minimum Gasteiger partial charge on any atom is -0.394 e. The quantitative estimate of drug-likeness (QED) is 0.0393. The van der Waals surface area contributed by atoms with Gasteiger partial charge in [0, 0.05) is 0 Å². The third kappa shape index (κ3) is 33.1. The summed E-state index contributed by atoms with van der Waals surface area (Å²) in [5.74, 6) is -0.508. The Bertz CT molecular complexity index is 694. The normalized spacial score (nSPS) is 13.9. The third-order valence-electron chi connectivity index (χ3n) is 9.54. The van der Waals surface area contributed by atoms with Gasteiger partial charge in [-0.25, -0.2) is 0 Å². The Labute approximate surface area is 292 Å². The summed E-state index contributed by atoms with van der Waals surface area (Å²) in [6.45, 7) is 4.17. The second kappa shape index (κ2) is 37.6. The molecule has 0 saturated heterocycles. The SMILES string of the molecule is CCCCCCCCCCCC/C=C\CCCCCCCCC(O)C(=O)NC(CO)C(O)/C=C/CCCCCCCCCCCCC. The van der Waals surface area contributed by atoms with E-state index in [1.165, 1.54) is 161 Å². The van der Waals surface area contributed by atoms with E-state index in [1.54, 1.807) is 6.08 Å². The number of unbranched alkanes of at least 4 members (excludes halogenated alkanes) is 27. The van der Waals surface area contributed by atoms with Crippen LogP contribution in [0.15, 0.2) is 24.3 Å². The van der Waals surface area contributed by atoms with Gasteiger partial charge < -0.3 is 20.6 Å². The summed E-state index contributed by atoms with van der Waals surface area (Å²) in [5, 5.41) is 33.0. The average molecular weight is 664 g/mol. The van der Waals surface area contributed by atoms with Crippen molar-refractivity contribution in [3.63, 3.8) is 0 Å². The number of nitrogens with one attached hydrogen (secondary N) is 1. The van der Waals surface area contributed by atoms with E-state index in [0.717, 1.165) is 32.1 Å². The lowest BCUT2D eigenvalue weighted by atomic mass is 10.0. The molecule has 0 bridgehead atoms. The lowest BCUT2D eigenvalue weighted by Crippen LogP contribution is -2.48. The van der Waals surface area contributed by atoms with E-state index in [4.69, 9.17) is 0 Å². The predicted molar refractivity (Wildman–Crippen MR) is 204 cm³/mol. The number of hydrogen-bond donors (Lipinski definition) is 4. The maximum absolute atomic E-state index is 12.4. The van der Waals surface area contributed by atoms with Crippen LogP contribution in [0.1, 0.15) is 213 Å². The summed E-state index contributed by atoms with van der Waals surface area (Å²) in [5.41, 5.74) is 0. The number of hydrogen-bond acceptors (Lipinski definition) is 4. The summed E-state index contributed by atoms with van der Waals surface area (Å²) in [7, 11) is 0. The molecule has 0 aromatic rings. The lowest BCUT2D eigenvalue weighted by molar-refractivity contribution is -0.131. The van der Waals surface area contributed by atoms with E-state index in [1.807, 2.05) is 6.08 Å². The van der Waals surface area contributed by atoms with Gasteiger partial charge in [-0.2, -0.15) is 0 Å². The van der Waals surface area contributed by atoms with Gasteiger partial charge in [-0.15, -0.1) is 0 Å². The third-order valence-corrected chi connectivity index (χ3v) is 9.54. The van der Waals surface area contributed by atoms with Crippen LogP contribution in [0.2, 0.25) is 0 Å². The molecular weight excluding hydrogens is 582 g/mol. The smallest absolute Gasteiger partial charge is 0.249 e. The van der Waals surface area contributed by atoms with Gasteiger partial charge >= 0.3 is 0 Å². The first kappa shape index (κ1) is 45.8. The summed E-state index contributed by atoms with van der Waals surface area (Å²) in [4.78, 5) is 12.4. The van der Waals surface area contributed by atoms with E-state index in [2.05, 4.69) is 31.3 Å². The van der Waals surface area contributed by atoms with E-state index in [9.17, 15) is 20.1 Å². The fourth-order valence-electron chi connectivity index (χ4n) is 6.24. The van der Waals surface area contributed by atoms with Crippen molar-refractivity contribution in [2.75, 3.05) is 6.61 Å². The number of carbonyl (C=O) groups is 1. The highest BCUT2D eigenvalue weighted by Crippen LogP contribution is 2.14. The zero-order valence-electron chi connectivity index (χ0n) is 31.4. The highest BCUT2D eigenvalue weighted by molar-refractivity contribution is 5.80. The number of aliphatic hydroxyl groups excluding tert-OH is 3. The molecule has 0 aliphatic heterocycles. The van der Waals surface area contributed by atoms with Crippen LogP contribution in [0.5, 0.6) is 0 Å². The van der Waals surface area contributed by atoms with Crippen LogP contribution < -0.4 is 5.32 Å². The Morgan fingerprint density at radius 3 is 1.23 bits per heavy atom. The molecular formula is C42H81NO4. The molecule has 0 aromatic carbocycles. The van der Waals surface area contributed by atoms with Gasteiger partial charge in [-0.05, 0) is 44.9 Å². The van der Waals surface area contributed by atoms with Crippen molar-refractivity contribution in [3.05, 3.63) is 24.3 Å². The Morgan fingerprint density at radius 1 is 0.511 bits per heavy atom. The summed E-state index contributed by atoms with van der Waals surface area (Å²) >= 11 is 0. The van der Waals surface area contributed by atoms with Crippen LogP contribution in [0.4, 0.5) is 0 Å². The first-order chi connectivity index (χ1) is 23.1. The zero-order chi connectivity index (χ0) is 34.5. The van der Waals surface area contributed by atoms with Crippen molar-refractivity contribution >= 4 is 5.91 Å². The number of rotatable bonds is 37. The largest absolute Gasteiger partial charge is 0.394 e. The molecule has 0 aromatic heterocycles. The lowest BCUT2D eigenvalue weighted by Gasteiger charge is -2.21. The van der Waals surface area contributed by atoms with Gasteiger partial charge in [-0.1, -0.05) is 192 Å². The molecule has 5 nitrogen and oxygen atoms in total. The van der Waals surface area contributed by atoms with Crippen LogP contribution in [0.25, 0.3) is 0 Å². The second-order valence-corrected chi connectivity index (χ2v) is 14.2. The topological polar surface area (TPSA) is 89.8 Å². The van der Waals surface area contributed by atoms with Gasteiger partial charge in [0.1, 0.15) is 6.10 Å². The van der Waals surface area contributed by atoms with E-state index in [0.29, 0.717) is 6.42 Å². The molecule has 47 heavy (non-hydrogen) atoms. The molecule has 1 amide bonds. The van der Waals surface area contributed by atoms with Crippen molar-refractivity contribution < 1.29 is 20.1 Å². The van der Waals surface area contributed by atoms with Crippen molar-refractivity contribution in [1.29, 1.82) is 0 Å². The molecule has 0 aliphatic carbocycles. The Kier molecular flexibility index (Phi) is 36.7. The minimum absolute atomic E-state index is 0.364. The molecule has 0 heterocycles. The molecule has 0 saturated carbocycles. The van der Waals surface area contributed by atoms with Crippen molar-refractivity contribution in [3.8, 4) is 0 Å². The highest BCUT2D eigenvalue weighted by atomic mass is 16.3. The number of amides is 1.